The third kappa shape index (κ3) is 2.80. The molecule has 0 N–H and O–H groups in total. The zero-order chi connectivity index (χ0) is 21.0. The van der Waals surface area contributed by atoms with Gasteiger partial charge in [-0.1, -0.05) is 17.7 Å². The zero-order valence-corrected chi connectivity index (χ0v) is 15.7. The second kappa shape index (κ2) is 6.77. The number of hydrogen-bond acceptors (Lipinski definition) is 4. The lowest BCUT2D eigenvalue weighted by atomic mass is 10.0. The summed E-state index contributed by atoms with van der Waals surface area (Å²) in [5, 5.41) is 4.94. The third-order valence-corrected chi connectivity index (χ3v) is 4.97. The first-order chi connectivity index (χ1) is 14.4. The van der Waals surface area contributed by atoms with Crippen LogP contribution in [-0.2, 0) is 0 Å². The predicted octanol–water partition coefficient (Wildman–Crippen LogP) is 4.85. The molecule has 0 radical (unpaired) electrons. The van der Waals surface area contributed by atoms with E-state index in [9.17, 15) is 18.0 Å². The molecule has 0 aliphatic carbocycles. The Hall–Kier alpha value is -3.52. The third-order valence-electron chi connectivity index (χ3n) is 4.73. The summed E-state index contributed by atoms with van der Waals surface area (Å²) in [5.74, 6) is -3.22. The molecule has 0 fully saturated rings. The van der Waals surface area contributed by atoms with E-state index >= 15 is 0 Å². The van der Waals surface area contributed by atoms with Crippen molar-refractivity contribution in [1.29, 1.82) is 0 Å². The topological polar surface area (TPSA) is 53.4 Å². The molecule has 0 spiro atoms. The summed E-state index contributed by atoms with van der Waals surface area (Å²) >= 11 is 6.05. The van der Waals surface area contributed by atoms with Crippen molar-refractivity contribution in [3.8, 4) is 28.4 Å². The summed E-state index contributed by atoms with van der Waals surface area (Å²) < 4.78 is 53.9. The van der Waals surface area contributed by atoms with Gasteiger partial charge in [-0.25, -0.2) is 8.78 Å². The number of hydrogen-bond donors (Lipinski definition) is 0. The number of halogens is 4. The summed E-state index contributed by atoms with van der Waals surface area (Å²) in [6, 6.07) is 10.7. The van der Waals surface area contributed by atoms with E-state index in [1.165, 1.54) is 36.4 Å². The van der Waals surface area contributed by atoms with Crippen LogP contribution < -0.4 is 15.0 Å². The molecule has 5 nitrogen and oxygen atoms in total. The van der Waals surface area contributed by atoms with Gasteiger partial charge in [0, 0.05) is 16.0 Å². The Kier molecular flexibility index (Phi) is 4.18. The van der Waals surface area contributed by atoms with Crippen molar-refractivity contribution in [2.75, 3.05) is 6.79 Å². The fourth-order valence-electron chi connectivity index (χ4n) is 3.32. The highest BCUT2D eigenvalue weighted by Crippen LogP contribution is 2.41. The highest BCUT2D eigenvalue weighted by Gasteiger charge is 2.27. The molecule has 1 aromatic heterocycles. The second-order valence-corrected chi connectivity index (χ2v) is 6.95. The van der Waals surface area contributed by atoms with E-state index in [2.05, 4.69) is 5.10 Å². The van der Waals surface area contributed by atoms with Gasteiger partial charge in [-0.05, 0) is 42.5 Å². The van der Waals surface area contributed by atoms with Crippen molar-refractivity contribution in [2.45, 2.75) is 0 Å². The van der Waals surface area contributed by atoms with E-state index in [0.29, 0.717) is 0 Å². The molecular formula is C21H10ClF3N2O3. The van der Waals surface area contributed by atoms with Gasteiger partial charge < -0.3 is 9.47 Å². The lowest BCUT2D eigenvalue weighted by Gasteiger charge is -2.13. The Bertz CT molecular complexity index is 1390. The summed E-state index contributed by atoms with van der Waals surface area (Å²) in [5.41, 5.74) is -0.546. The molecule has 9 heteroatoms. The number of nitrogens with zero attached hydrogens (tertiary/aromatic N) is 2. The second-order valence-electron chi connectivity index (χ2n) is 6.52. The fourth-order valence-corrected chi connectivity index (χ4v) is 3.49. The minimum Gasteiger partial charge on any atom is -0.453 e. The van der Waals surface area contributed by atoms with Crippen LogP contribution >= 0.6 is 11.6 Å². The molecule has 3 aromatic carbocycles. The van der Waals surface area contributed by atoms with Gasteiger partial charge in [0.05, 0.1) is 11.1 Å². The summed E-state index contributed by atoms with van der Waals surface area (Å²) in [7, 11) is 0. The largest absolute Gasteiger partial charge is 0.453 e. The maximum absolute atomic E-state index is 14.9. The lowest BCUT2D eigenvalue weighted by Crippen LogP contribution is -2.22. The molecule has 5 rings (SSSR count). The Labute approximate surface area is 171 Å². The average Bonchev–Trinajstić information content (AvgIpc) is 3.21. The Morgan fingerprint density at radius 3 is 2.47 bits per heavy atom. The highest BCUT2D eigenvalue weighted by molar-refractivity contribution is 6.31. The van der Waals surface area contributed by atoms with Crippen LogP contribution in [0.5, 0.6) is 11.5 Å². The van der Waals surface area contributed by atoms with E-state index in [1.807, 2.05) is 0 Å². The molecular weight excluding hydrogens is 421 g/mol. The molecule has 2 heterocycles. The number of fused-ring (bicyclic) bond motifs is 2. The fraction of sp³-hybridized carbons (Fsp3) is 0.0476. The van der Waals surface area contributed by atoms with Crippen molar-refractivity contribution < 1.29 is 22.6 Å². The molecule has 4 aromatic rings. The maximum Gasteiger partial charge on any atom is 0.279 e. The van der Waals surface area contributed by atoms with Crippen LogP contribution in [0.2, 0.25) is 5.02 Å². The van der Waals surface area contributed by atoms with Crippen LogP contribution in [0.25, 0.3) is 27.7 Å². The van der Waals surface area contributed by atoms with E-state index in [4.69, 9.17) is 21.1 Å². The molecule has 0 bridgehead atoms. The quantitative estimate of drug-likeness (QED) is 0.456. The van der Waals surface area contributed by atoms with Gasteiger partial charge in [-0.3, -0.25) is 4.79 Å². The van der Waals surface area contributed by atoms with E-state index in [-0.39, 0.29) is 51.0 Å². The van der Waals surface area contributed by atoms with Crippen molar-refractivity contribution in [1.82, 2.24) is 9.78 Å². The highest BCUT2D eigenvalue weighted by atomic mass is 35.5. The van der Waals surface area contributed by atoms with Crippen LogP contribution in [0.4, 0.5) is 13.2 Å². The summed E-state index contributed by atoms with van der Waals surface area (Å²) in [4.78, 5) is 13.0. The van der Waals surface area contributed by atoms with Crippen molar-refractivity contribution >= 4 is 22.4 Å². The van der Waals surface area contributed by atoms with Gasteiger partial charge >= 0.3 is 0 Å². The molecule has 0 unspecified atom stereocenters. The SMILES string of the molecule is O=c1c2cc(Cl)ccc2c(-c2cc3c(c(F)c2F)OCO3)nn1-c1ccc(F)cc1. The van der Waals surface area contributed by atoms with Gasteiger partial charge in [0.25, 0.3) is 5.56 Å². The molecule has 1 aliphatic heterocycles. The Balaban J connectivity index is 1.87. The lowest BCUT2D eigenvalue weighted by molar-refractivity contribution is 0.170. The Morgan fingerprint density at radius 1 is 0.933 bits per heavy atom. The smallest absolute Gasteiger partial charge is 0.279 e. The van der Waals surface area contributed by atoms with Crippen LogP contribution in [-0.4, -0.2) is 16.6 Å². The first-order valence-electron chi connectivity index (χ1n) is 8.70. The van der Waals surface area contributed by atoms with Crippen LogP contribution in [0, 0.1) is 17.5 Å². The molecule has 0 atom stereocenters. The number of rotatable bonds is 2. The standard InChI is InChI=1S/C21H10ClF3N2O3/c22-10-1-6-13-14(7-10)21(28)27(12-4-2-11(23)3-5-12)26-19(13)15-8-16-20(30-9-29-16)18(25)17(15)24/h1-8H,9H2. The molecule has 0 saturated carbocycles. The summed E-state index contributed by atoms with van der Waals surface area (Å²) in [6.45, 7) is -0.242. The molecule has 0 saturated heterocycles. The van der Waals surface area contributed by atoms with Crippen molar-refractivity contribution in [3.63, 3.8) is 0 Å². The average molecular weight is 431 g/mol. The number of ether oxygens (including phenoxy) is 2. The van der Waals surface area contributed by atoms with Gasteiger partial charge in [0.15, 0.2) is 11.6 Å². The predicted molar refractivity (Wildman–Crippen MR) is 104 cm³/mol. The minimum absolute atomic E-state index is 0.0136. The van der Waals surface area contributed by atoms with Gasteiger partial charge in [-0.15, -0.1) is 0 Å². The van der Waals surface area contributed by atoms with Crippen LogP contribution in [0.3, 0.4) is 0 Å². The minimum atomic E-state index is -1.22. The van der Waals surface area contributed by atoms with Crippen LogP contribution in [0.15, 0.2) is 53.3 Å². The van der Waals surface area contributed by atoms with Gasteiger partial charge in [0.2, 0.25) is 18.4 Å². The monoisotopic (exact) mass is 430 g/mol. The van der Waals surface area contributed by atoms with Crippen LogP contribution in [0.1, 0.15) is 0 Å². The number of aromatic nitrogens is 2. The first-order valence-corrected chi connectivity index (χ1v) is 9.08. The normalized spacial score (nSPS) is 12.5. The molecule has 30 heavy (non-hydrogen) atoms. The maximum atomic E-state index is 14.9. The molecule has 1 aliphatic rings. The zero-order valence-electron chi connectivity index (χ0n) is 15.0. The molecule has 150 valence electrons. The van der Waals surface area contributed by atoms with Crippen molar-refractivity contribution in [2.24, 2.45) is 0 Å². The van der Waals surface area contributed by atoms with Gasteiger partial charge in [0.1, 0.15) is 11.5 Å². The van der Waals surface area contributed by atoms with E-state index in [1.54, 1.807) is 0 Å². The number of benzene rings is 3. The van der Waals surface area contributed by atoms with E-state index in [0.717, 1.165) is 16.8 Å². The summed E-state index contributed by atoms with van der Waals surface area (Å²) in [6.07, 6.45) is 0. The van der Waals surface area contributed by atoms with Gasteiger partial charge in [-0.2, -0.15) is 14.2 Å². The Morgan fingerprint density at radius 2 is 1.70 bits per heavy atom. The first kappa shape index (κ1) is 18.5. The van der Waals surface area contributed by atoms with E-state index < -0.39 is 23.0 Å². The molecule has 0 amide bonds. The van der Waals surface area contributed by atoms with Crippen molar-refractivity contribution in [3.05, 3.63) is 81.4 Å².